The van der Waals surface area contributed by atoms with E-state index in [1.807, 2.05) is 50.2 Å². The smallest absolute Gasteiger partial charge is 0.284 e. The van der Waals surface area contributed by atoms with Crippen molar-refractivity contribution in [2.24, 2.45) is 0 Å². The lowest BCUT2D eigenvalue weighted by atomic mass is 9.94. The molecular formula is C29H29N5O2S2. The van der Waals surface area contributed by atoms with Gasteiger partial charge in [-0.25, -0.2) is 4.98 Å². The molecule has 2 aliphatic heterocycles. The molecule has 38 heavy (non-hydrogen) atoms. The van der Waals surface area contributed by atoms with Crippen LogP contribution >= 0.6 is 22.7 Å². The summed E-state index contributed by atoms with van der Waals surface area (Å²) >= 11 is 3.04. The summed E-state index contributed by atoms with van der Waals surface area (Å²) in [5, 5.41) is 13.4. The van der Waals surface area contributed by atoms with E-state index in [2.05, 4.69) is 32.3 Å². The number of thiophene rings is 1. The van der Waals surface area contributed by atoms with Crippen molar-refractivity contribution >= 4 is 45.9 Å². The zero-order valence-corrected chi connectivity index (χ0v) is 23.0. The fourth-order valence-corrected chi connectivity index (χ4v) is 7.12. The number of benzene rings is 2. The molecule has 0 bridgehead atoms. The summed E-state index contributed by atoms with van der Waals surface area (Å²) < 4.78 is 0. The number of rotatable bonds is 5. The second-order valence-corrected chi connectivity index (χ2v) is 11.9. The minimum atomic E-state index is -0.184. The highest BCUT2D eigenvalue weighted by molar-refractivity contribution is 7.14. The van der Waals surface area contributed by atoms with Crippen LogP contribution in [0.2, 0.25) is 0 Å². The van der Waals surface area contributed by atoms with Crippen molar-refractivity contribution < 1.29 is 9.59 Å². The van der Waals surface area contributed by atoms with E-state index in [1.165, 1.54) is 21.8 Å². The van der Waals surface area contributed by atoms with Crippen LogP contribution in [0.25, 0.3) is 11.1 Å². The zero-order chi connectivity index (χ0) is 26.2. The monoisotopic (exact) mass is 543 g/mol. The zero-order valence-electron chi connectivity index (χ0n) is 21.4. The third-order valence-corrected chi connectivity index (χ3v) is 9.55. The predicted molar refractivity (Wildman–Crippen MR) is 155 cm³/mol. The van der Waals surface area contributed by atoms with Crippen LogP contribution in [0, 0.1) is 13.8 Å². The highest BCUT2D eigenvalue weighted by Gasteiger charge is 2.21. The van der Waals surface area contributed by atoms with Crippen LogP contribution < -0.4 is 21.3 Å². The minimum absolute atomic E-state index is 0.0799. The van der Waals surface area contributed by atoms with E-state index >= 15 is 0 Å². The minimum Gasteiger partial charge on any atom is -0.321 e. The number of thiazole rings is 1. The number of aromatic nitrogens is 1. The molecule has 0 saturated carbocycles. The number of anilines is 2. The molecule has 0 atom stereocenters. The third kappa shape index (κ3) is 4.78. The molecule has 4 heterocycles. The normalized spacial score (nSPS) is 14.5. The quantitative estimate of drug-likeness (QED) is 0.275. The van der Waals surface area contributed by atoms with Crippen LogP contribution in [-0.2, 0) is 25.9 Å². The highest BCUT2D eigenvalue weighted by atomic mass is 32.1. The van der Waals surface area contributed by atoms with Gasteiger partial charge in [0.15, 0.2) is 5.01 Å². The van der Waals surface area contributed by atoms with Gasteiger partial charge in [-0.1, -0.05) is 24.3 Å². The molecule has 0 spiro atoms. The number of hydrogen-bond acceptors (Lipinski definition) is 7. The molecule has 2 aromatic carbocycles. The first-order chi connectivity index (χ1) is 18.5. The van der Waals surface area contributed by atoms with Gasteiger partial charge < -0.3 is 21.3 Å². The van der Waals surface area contributed by atoms with E-state index in [4.69, 9.17) is 0 Å². The third-order valence-electron chi connectivity index (χ3n) is 7.22. The number of nitrogens with zero attached hydrogens (tertiary/aromatic N) is 1. The van der Waals surface area contributed by atoms with Crippen LogP contribution in [0.4, 0.5) is 11.4 Å². The summed E-state index contributed by atoms with van der Waals surface area (Å²) in [6, 6.07) is 13.9. The fraction of sp³-hybridized carbons (Fsp3) is 0.276. The SMILES string of the molecule is Cc1c(NC(=O)c2cc3c(s2)CCNC3)cccc1-c1cccc(NC(=O)c2nc3c(s2)CNCC3)c1C. The summed E-state index contributed by atoms with van der Waals surface area (Å²) in [6.07, 6.45) is 1.82. The number of nitrogens with one attached hydrogen (secondary N) is 4. The van der Waals surface area contributed by atoms with Crippen molar-refractivity contribution in [3.8, 4) is 11.1 Å². The van der Waals surface area contributed by atoms with Crippen molar-refractivity contribution in [1.29, 1.82) is 0 Å². The Morgan fingerprint density at radius 2 is 1.47 bits per heavy atom. The molecule has 2 amide bonds. The van der Waals surface area contributed by atoms with Crippen molar-refractivity contribution in [2.45, 2.75) is 39.8 Å². The van der Waals surface area contributed by atoms with Gasteiger partial charge in [-0.2, -0.15) is 0 Å². The van der Waals surface area contributed by atoms with Crippen molar-refractivity contribution in [2.75, 3.05) is 23.7 Å². The van der Waals surface area contributed by atoms with Crippen LogP contribution in [0.5, 0.6) is 0 Å². The first kappa shape index (κ1) is 24.9. The Bertz CT molecular complexity index is 1390. The van der Waals surface area contributed by atoms with Crippen LogP contribution in [0.1, 0.15) is 51.6 Å². The first-order valence-corrected chi connectivity index (χ1v) is 14.4. The summed E-state index contributed by atoms with van der Waals surface area (Å²) in [5.74, 6) is -0.264. The van der Waals surface area contributed by atoms with Gasteiger partial charge >= 0.3 is 0 Å². The molecule has 194 valence electrons. The Labute approximate surface area is 229 Å². The average molecular weight is 544 g/mol. The van der Waals surface area contributed by atoms with E-state index in [-0.39, 0.29) is 11.8 Å². The molecule has 0 aliphatic carbocycles. The van der Waals surface area contributed by atoms with Crippen molar-refractivity contribution in [3.05, 3.63) is 84.5 Å². The van der Waals surface area contributed by atoms with Gasteiger partial charge in [0, 0.05) is 53.7 Å². The number of carbonyl (C=O) groups excluding carboxylic acids is 2. The maximum atomic E-state index is 13.1. The summed E-state index contributed by atoms with van der Waals surface area (Å²) in [7, 11) is 0. The Morgan fingerprint density at radius 3 is 2.16 bits per heavy atom. The molecule has 4 N–H and O–H groups in total. The van der Waals surface area contributed by atoms with Crippen molar-refractivity contribution in [3.63, 3.8) is 0 Å². The number of hydrogen-bond donors (Lipinski definition) is 4. The van der Waals surface area contributed by atoms with E-state index in [0.29, 0.717) is 5.01 Å². The molecule has 7 nitrogen and oxygen atoms in total. The fourth-order valence-electron chi connectivity index (χ4n) is 5.07. The second-order valence-electron chi connectivity index (χ2n) is 9.67. The molecule has 6 rings (SSSR count). The second kappa shape index (κ2) is 10.4. The van der Waals surface area contributed by atoms with E-state index in [0.717, 1.165) is 88.1 Å². The topological polar surface area (TPSA) is 95.2 Å². The summed E-state index contributed by atoms with van der Waals surface area (Å²) in [5.41, 5.74) is 7.76. The van der Waals surface area contributed by atoms with Crippen LogP contribution in [-0.4, -0.2) is 29.9 Å². The van der Waals surface area contributed by atoms with Gasteiger partial charge in [0.25, 0.3) is 11.8 Å². The molecule has 0 fully saturated rings. The van der Waals surface area contributed by atoms with Crippen molar-refractivity contribution in [1.82, 2.24) is 15.6 Å². The van der Waals surface area contributed by atoms with Gasteiger partial charge in [-0.05, 0) is 66.3 Å². The largest absolute Gasteiger partial charge is 0.321 e. The first-order valence-electron chi connectivity index (χ1n) is 12.8. The molecule has 4 aromatic rings. The molecule has 9 heteroatoms. The Morgan fingerprint density at radius 1 is 0.816 bits per heavy atom. The maximum absolute atomic E-state index is 13.1. The Kier molecular flexibility index (Phi) is 6.84. The highest BCUT2D eigenvalue weighted by Crippen LogP contribution is 2.35. The summed E-state index contributed by atoms with van der Waals surface area (Å²) in [6.45, 7) is 7.47. The van der Waals surface area contributed by atoms with Gasteiger partial charge in [0.05, 0.1) is 10.6 Å². The number of fused-ring (bicyclic) bond motifs is 2. The molecule has 0 unspecified atom stereocenters. The van der Waals surface area contributed by atoms with Gasteiger partial charge in [0.1, 0.15) is 0 Å². The number of carbonyl (C=O) groups is 2. The van der Waals surface area contributed by atoms with Gasteiger partial charge in [0.2, 0.25) is 0 Å². The van der Waals surface area contributed by atoms with Crippen LogP contribution in [0.15, 0.2) is 42.5 Å². The molecular weight excluding hydrogens is 514 g/mol. The molecule has 0 saturated heterocycles. The lowest BCUT2D eigenvalue weighted by Gasteiger charge is -2.16. The molecule has 0 radical (unpaired) electrons. The van der Waals surface area contributed by atoms with E-state index in [9.17, 15) is 9.59 Å². The molecule has 2 aliphatic rings. The van der Waals surface area contributed by atoms with E-state index in [1.54, 1.807) is 11.3 Å². The van der Waals surface area contributed by atoms with Gasteiger partial charge in [-0.3, -0.25) is 9.59 Å². The van der Waals surface area contributed by atoms with Crippen LogP contribution in [0.3, 0.4) is 0 Å². The van der Waals surface area contributed by atoms with Gasteiger partial charge in [-0.15, -0.1) is 22.7 Å². The lowest BCUT2D eigenvalue weighted by Crippen LogP contribution is -2.22. The predicted octanol–water partition coefficient (Wildman–Crippen LogP) is 5.28. The van der Waals surface area contributed by atoms with E-state index < -0.39 is 0 Å². The number of amides is 2. The lowest BCUT2D eigenvalue weighted by molar-refractivity contribution is 0.102. The maximum Gasteiger partial charge on any atom is 0.284 e. The Balaban J connectivity index is 1.23. The average Bonchev–Trinajstić information content (AvgIpc) is 3.56. The molecule has 2 aromatic heterocycles. The summed E-state index contributed by atoms with van der Waals surface area (Å²) in [4.78, 5) is 33.9. The Hall–Kier alpha value is -3.37. The standard InChI is InChI=1S/C29H29N5O2S2/c1-16-19(5-3-7-21(16)32-27(35)25-13-18-14-30-12-10-24(18)37-25)20-6-4-8-22(17(20)2)33-28(36)29-34-23-9-11-31-15-26(23)38-29/h3-8,13,30-31H,9-12,14-15H2,1-2H3,(H,32,35)(H,33,36).